The smallest absolute Gasteiger partial charge is 0.158 e. The first-order valence-corrected chi connectivity index (χ1v) is 7.94. The zero-order valence-electron chi connectivity index (χ0n) is 13.9. The molecule has 5 heteroatoms. The van der Waals surface area contributed by atoms with E-state index in [2.05, 4.69) is 34.4 Å². The number of unbranched alkanes of at least 4 members (excludes halogenated alkanes) is 3. The van der Waals surface area contributed by atoms with Gasteiger partial charge in [0.15, 0.2) is 5.82 Å². The molecule has 1 rings (SSSR count). The van der Waals surface area contributed by atoms with Gasteiger partial charge in [0.1, 0.15) is 18.2 Å². The van der Waals surface area contributed by atoms with E-state index in [0.29, 0.717) is 12.4 Å². The molecule has 0 fully saturated rings. The number of nitrogens with one attached hydrogen (secondary N) is 2. The van der Waals surface area contributed by atoms with E-state index in [4.69, 9.17) is 4.74 Å². The lowest BCUT2D eigenvalue weighted by atomic mass is 10.0. The molecule has 0 unspecified atom stereocenters. The summed E-state index contributed by atoms with van der Waals surface area (Å²) in [6.07, 6.45) is 6.45. The third-order valence-corrected chi connectivity index (χ3v) is 3.32. The van der Waals surface area contributed by atoms with Crippen LogP contribution in [0.25, 0.3) is 0 Å². The summed E-state index contributed by atoms with van der Waals surface area (Å²) in [5.41, 5.74) is 0. The highest BCUT2D eigenvalue weighted by Crippen LogP contribution is 2.13. The summed E-state index contributed by atoms with van der Waals surface area (Å²) in [5.74, 6) is 3.20. The zero-order chi connectivity index (χ0) is 15.5. The Morgan fingerprint density at radius 1 is 1.10 bits per heavy atom. The van der Waals surface area contributed by atoms with Crippen LogP contribution in [0.3, 0.4) is 0 Å². The molecule has 5 nitrogen and oxygen atoms in total. The van der Waals surface area contributed by atoms with E-state index in [9.17, 15) is 0 Å². The molecular formula is C16H30N4O. The number of hydrogen-bond donors (Lipinski definition) is 2. The molecule has 21 heavy (non-hydrogen) atoms. The van der Waals surface area contributed by atoms with Crippen LogP contribution >= 0.6 is 0 Å². The monoisotopic (exact) mass is 294 g/mol. The Hall–Kier alpha value is -1.36. The molecule has 0 spiro atoms. The Labute approximate surface area is 128 Å². The van der Waals surface area contributed by atoms with Crippen LogP contribution in [0, 0.1) is 5.92 Å². The van der Waals surface area contributed by atoms with Crippen molar-refractivity contribution in [3.63, 3.8) is 0 Å². The average Bonchev–Trinajstić information content (AvgIpc) is 2.46. The molecule has 0 aliphatic rings. The van der Waals surface area contributed by atoms with Gasteiger partial charge in [-0.2, -0.15) is 0 Å². The van der Waals surface area contributed by atoms with Gasteiger partial charge in [0.05, 0.1) is 0 Å². The summed E-state index contributed by atoms with van der Waals surface area (Å²) in [4.78, 5) is 8.78. The summed E-state index contributed by atoms with van der Waals surface area (Å²) in [7, 11) is 3.51. The molecule has 120 valence electrons. The van der Waals surface area contributed by atoms with Crippen molar-refractivity contribution in [2.24, 2.45) is 5.92 Å². The number of aromatic nitrogens is 2. The molecule has 0 aliphatic carbocycles. The number of nitrogens with zero attached hydrogens (tertiary/aromatic N) is 2. The Balaban J connectivity index is 2.29. The second-order valence-corrected chi connectivity index (χ2v) is 5.76. The third-order valence-electron chi connectivity index (χ3n) is 3.32. The fourth-order valence-electron chi connectivity index (χ4n) is 2.16. The van der Waals surface area contributed by atoms with Gasteiger partial charge < -0.3 is 15.4 Å². The molecule has 1 aromatic heterocycles. The minimum absolute atomic E-state index is 0.430. The Kier molecular flexibility index (Phi) is 8.74. The molecule has 0 saturated carbocycles. The van der Waals surface area contributed by atoms with Crippen LogP contribution in [-0.2, 0) is 11.3 Å². The van der Waals surface area contributed by atoms with Crippen LogP contribution in [-0.4, -0.2) is 30.7 Å². The Morgan fingerprint density at radius 3 is 2.48 bits per heavy atom. The molecule has 0 amide bonds. The fourth-order valence-corrected chi connectivity index (χ4v) is 2.16. The maximum absolute atomic E-state index is 5.09. The number of hydrogen-bond acceptors (Lipinski definition) is 5. The third kappa shape index (κ3) is 7.85. The SMILES string of the molecule is CNc1cc(NCCCCCCC(C)C)nc(COC)n1. The summed E-state index contributed by atoms with van der Waals surface area (Å²) in [6.45, 7) is 5.95. The van der Waals surface area contributed by atoms with Crippen molar-refractivity contribution in [1.82, 2.24) is 9.97 Å². The van der Waals surface area contributed by atoms with Gasteiger partial charge in [-0.3, -0.25) is 0 Å². The van der Waals surface area contributed by atoms with Gasteiger partial charge in [0, 0.05) is 26.8 Å². The molecule has 0 radical (unpaired) electrons. The largest absolute Gasteiger partial charge is 0.377 e. The molecule has 0 saturated heterocycles. The van der Waals surface area contributed by atoms with Crippen LogP contribution in [0.15, 0.2) is 6.07 Å². The lowest BCUT2D eigenvalue weighted by molar-refractivity contribution is 0.178. The van der Waals surface area contributed by atoms with Gasteiger partial charge in [-0.1, -0.05) is 39.5 Å². The first-order valence-electron chi connectivity index (χ1n) is 7.94. The van der Waals surface area contributed by atoms with Crippen molar-refractivity contribution in [1.29, 1.82) is 0 Å². The van der Waals surface area contributed by atoms with E-state index in [1.807, 2.05) is 13.1 Å². The number of rotatable bonds is 11. The first kappa shape index (κ1) is 17.7. The lowest BCUT2D eigenvalue weighted by Crippen LogP contribution is -2.08. The summed E-state index contributed by atoms with van der Waals surface area (Å²) < 4.78 is 5.09. The van der Waals surface area contributed by atoms with Gasteiger partial charge >= 0.3 is 0 Å². The number of ether oxygens (including phenoxy) is 1. The van der Waals surface area contributed by atoms with E-state index in [0.717, 1.165) is 24.1 Å². The van der Waals surface area contributed by atoms with E-state index in [1.54, 1.807) is 7.11 Å². The zero-order valence-corrected chi connectivity index (χ0v) is 13.9. The summed E-state index contributed by atoms with van der Waals surface area (Å²) in [5, 5.41) is 6.42. The van der Waals surface area contributed by atoms with Crippen LogP contribution in [0.1, 0.15) is 51.8 Å². The highest BCUT2D eigenvalue weighted by atomic mass is 16.5. The van der Waals surface area contributed by atoms with Crippen molar-refractivity contribution < 1.29 is 4.74 Å². The first-order chi connectivity index (χ1) is 10.2. The molecule has 0 aromatic carbocycles. The maximum atomic E-state index is 5.09. The van der Waals surface area contributed by atoms with E-state index in [1.165, 1.54) is 32.1 Å². The van der Waals surface area contributed by atoms with Gasteiger partial charge in [0.25, 0.3) is 0 Å². The average molecular weight is 294 g/mol. The van der Waals surface area contributed by atoms with Crippen LogP contribution in [0.2, 0.25) is 0 Å². The highest BCUT2D eigenvalue weighted by Gasteiger charge is 2.03. The molecule has 0 aliphatic heterocycles. The van der Waals surface area contributed by atoms with Gasteiger partial charge in [-0.25, -0.2) is 9.97 Å². The molecule has 0 bridgehead atoms. The van der Waals surface area contributed by atoms with Gasteiger partial charge in [-0.15, -0.1) is 0 Å². The van der Waals surface area contributed by atoms with E-state index in [-0.39, 0.29) is 0 Å². The second kappa shape index (κ2) is 10.4. The maximum Gasteiger partial charge on any atom is 0.158 e. The van der Waals surface area contributed by atoms with Crippen molar-refractivity contribution >= 4 is 11.6 Å². The van der Waals surface area contributed by atoms with Crippen LogP contribution in [0.5, 0.6) is 0 Å². The quantitative estimate of drug-likeness (QED) is 0.610. The number of anilines is 2. The molecule has 1 aromatic rings. The van der Waals surface area contributed by atoms with Crippen molar-refractivity contribution in [3.05, 3.63) is 11.9 Å². The predicted octanol–water partition coefficient (Wildman–Crippen LogP) is 3.68. The Morgan fingerprint density at radius 2 is 1.81 bits per heavy atom. The van der Waals surface area contributed by atoms with Crippen molar-refractivity contribution in [2.75, 3.05) is 31.3 Å². The molecular weight excluding hydrogens is 264 g/mol. The summed E-state index contributed by atoms with van der Waals surface area (Å²) in [6, 6.07) is 1.93. The Bertz CT molecular complexity index is 396. The van der Waals surface area contributed by atoms with E-state index < -0.39 is 0 Å². The fraction of sp³-hybridized carbons (Fsp3) is 0.750. The standard InChI is InChI=1S/C16H30N4O/c1-13(2)9-7-5-6-8-10-18-15-11-14(17-3)19-16(20-15)12-21-4/h11,13H,5-10,12H2,1-4H3,(H2,17,18,19,20). The molecule has 1 heterocycles. The molecule has 0 atom stereocenters. The topological polar surface area (TPSA) is 59.1 Å². The number of methoxy groups -OCH3 is 1. The van der Waals surface area contributed by atoms with Crippen molar-refractivity contribution in [3.8, 4) is 0 Å². The van der Waals surface area contributed by atoms with E-state index >= 15 is 0 Å². The minimum Gasteiger partial charge on any atom is -0.377 e. The van der Waals surface area contributed by atoms with Crippen LogP contribution < -0.4 is 10.6 Å². The molecule has 2 N–H and O–H groups in total. The van der Waals surface area contributed by atoms with Crippen molar-refractivity contribution in [2.45, 2.75) is 52.6 Å². The normalized spacial score (nSPS) is 10.9. The van der Waals surface area contributed by atoms with Gasteiger partial charge in [0.2, 0.25) is 0 Å². The second-order valence-electron chi connectivity index (χ2n) is 5.76. The lowest BCUT2D eigenvalue weighted by Gasteiger charge is -2.09. The predicted molar refractivity (Wildman–Crippen MR) is 88.7 cm³/mol. The van der Waals surface area contributed by atoms with Crippen LogP contribution in [0.4, 0.5) is 11.6 Å². The highest BCUT2D eigenvalue weighted by molar-refractivity contribution is 5.47. The minimum atomic E-state index is 0.430. The summed E-state index contributed by atoms with van der Waals surface area (Å²) >= 11 is 0. The van der Waals surface area contributed by atoms with Gasteiger partial charge in [-0.05, 0) is 12.3 Å².